The molecule has 74 valence electrons. The van der Waals surface area contributed by atoms with Gasteiger partial charge in [0.1, 0.15) is 0 Å². The lowest BCUT2D eigenvalue weighted by molar-refractivity contribution is 1.34. The molecule has 0 aliphatic rings. The average Bonchev–Trinajstić information content (AvgIpc) is 2.27. The van der Waals surface area contributed by atoms with Gasteiger partial charge in [0.05, 0.1) is 11.3 Å². The van der Waals surface area contributed by atoms with Gasteiger partial charge in [0.15, 0.2) is 0 Å². The van der Waals surface area contributed by atoms with Crippen LogP contribution in [0.15, 0.2) is 39.8 Å². The van der Waals surface area contributed by atoms with Crippen molar-refractivity contribution in [3.63, 3.8) is 0 Å². The van der Waals surface area contributed by atoms with E-state index in [0.717, 1.165) is 15.4 Å². The largest absolute Gasteiger partial charge is 0.255 e. The van der Waals surface area contributed by atoms with E-state index in [1.54, 1.807) is 11.8 Å². The van der Waals surface area contributed by atoms with Gasteiger partial charge in [-0.1, -0.05) is 18.1 Å². The molecule has 0 spiro atoms. The Hall–Kier alpha value is -0.980. The Morgan fingerprint density at radius 3 is 3.07 bits per heavy atom. The number of hydrogen-bond donors (Lipinski definition) is 0. The predicted octanol–water partition coefficient (Wildman–Crippen LogP) is 3.72. The second kappa shape index (κ2) is 4.69. The summed E-state index contributed by atoms with van der Waals surface area (Å²) >= 11 is 5.15. The zero-order valence-electron chi connectivity index (χ0n) is 7.90. The summed E-state index contributed by atoms with van der Waals surface area (Å²) in [6, 6.07) is 8.06. The summed E-state index contributed by atoms with van der Waals surface area (Å²) in [4.78, 5) is 5.52. The van der Waals surface area contributed by atoms with E-state index < -0.39 is 0 Å². The Morgan fingerprint density at radius 1 is 1.40 bits per heavy atom. The van der Waals surface area contributed by atoms with Crippen molar-refractivity contribution in [3.8, 4) is 12.3 Å². The molecular weight excluding hydrogens is 270 g/mol. The monoisotopic (exact) mass is 277 g/mol. The number of fused-ring (bicyclic) bond motifs is 1. The van der Waals surface area contributed by atoms with Gasteiger partial charge in [0, 0.05) is 21.0 Å². The summed E-state index contributed by atoms with van der Waals surface area (Å²) < 4.78 is 1.02. The first kappa shape index (κ1) is 10.5. The molecule has 0 aliphatic heterocycles. The molecule has 2 rings (SSSR count). The fourth-order valence-electron chi connectivity index (χ4n) is 1.36. The van der Waals surface area contributed by atoms with E-state index >= 15 is 0 Å². The number of benzene rings is 1. The first-order chi connectivity index (χ1) is 7.33. The van der Waals surface area contributed by atoms with Crippen molar-refractivity contribution in [1.29, 1.82) is 0 Å². The average molecular weight is 278 g/mol. The minimum Gasteiger partial charge on any atom is -0.255 e. The number of thioether (sulfide) groups is 1. The normalized spacial score (nSPS) is 10.1. The number of nitrogens with zero attached hydrogens (tertiary/aromatic N) is 1. The zero-order chi connectivity index (χ0) is 10.7. The SMILES string of the molecule is C#CCSc1ccnc2c(Br)cccc12. The molecule has 0 saturated heterocycles. The minimum absolute atomic E-state index is 0.686. The Bertz CT molecular complexity index is 531. The molecule has 0 unspecified atom stereocenters. The van der Waals surface area contributed by atoms with Crippen molar-refractivity contribution in [2.45, 2.75) is 4.90 Å². The first-order valence-corrected chi connectivity index (χ1v) is 6.20. The van der Waals surface area contributed by atoms with Crippen LogP contribution in [0, 0.1) is 12.3 Å². The standard InChI is InChI=1S/C12H8BrNS/c1-2-8-15-11-6-7-14-12-9(11)4-3-5-10(12)13/h1,3-7H,8H2. The molecular formula is C12H8BrNS. The smallest absolute Gasteiger partial charge is 0.0855 e. The van der Waals surface area contributed by atoms with Gasteiger partial charge in [0.25, 0.3) is 0 Å². The fourth-order valence-corrected chi connectivity index (χ4v) is 2.54. The highest BCUT2D eigenvalue weighted by molar-refractivity contribution is 9.10. The van der Waals surface area contributed by atoms with E-state index in [0.29, 0.717) is 5.75 Å². The van der Waals surface area contributed by atoms with Crippen LogP contribution in [0.25, 0.3) is 10.9 Å². The molecule has 0 radical (unpaired) electrons. The van der Waals surface area contributed by atoms with Crippen molar-refractivity contribution in [1.82, 2.24) is 4.98 Å². The first-order valence-electron chi connectivity index (χ1n) is 4.42. The maximum absolute atomic E-state index is 5.25. The lowest BCUT2D eigenvalue weighted by Crippen LogP contribution is -1.83. The van der Waals surface area contributed by atoms with Gasteiger partial charge in [0.2, 0.25) is 0 Å². The fraction of sp³-hybridized carbons (Fsp3) is 0.0833. The van der Waals surface area contributed by atoms with Gasteiger partial charge in [-0.25, -0.2) is 0 Å². The number of aromatic nitrogens is 1. The summed E-state index contributed by atoms with van der Waals surface area (Å²) in [5.41, 5.74) is 0.986. The number of rotatable bonds is 2. The molecule has 0 amide bonds. The third kappa shape index (κ3) is 2.17. The van der Waals surface area contributed by atoms with Gasteiger partial charge in [-0.2, -0.15) is 0 Å². The Morgan fingerprint density at radius 2 is 2.27 bits per heavy atom. The number of pyridine rings is 1. The second-order valence-electron chi connectivity index (χ2n) is 2.94. The lowest BCUT2D eigenvalue weighted by atomic mass is 10.2. The maximum Gasteiger partial charge on any atom is 0.0855 e. The van der Waals surface area contributed by atoms with Gasteiger partial charge in [-0.3, -0.25) is 4.98 Å². The van der Waals surface area contributed by atoms with Crippen LogP contribution < -0.4 is 0 Å². The molecule has 0 bridgehead atoms. The van der Waals surface area contributed by atoms with E-state index in [9.17, 15) is 0 Å². The van der Waals surface area contributed by atoms with Gasteiger partial charge in [-0.15, -0.1) is 18.2 Å². The van der Waals surface area contributed by atoms with E-state index in [2.05, 4.69) is 32.9 Å². The highest BCUT2D eigenvalue weighted by Gasteiger charge is 2.03. The van der Waals surface area contributed by atoms with Crippen molar-refractivity contribution in [2.75, 3.05) is 5.75 Å². The van der Waals surface area contributed by atoms with Crippen molar-refractivity contribution in [3.05, 3.63) is 34.9 Å². The van der Waals surface area contributed by atoms with Gasteiger partial charge >= 0.3 is 0 Å². The molecule has 0 saturated carbocycles. The molecule has 3 heteroatoms. The van der Waals surface area contributed by atoms with Crippen LogP contribution in [0.2, 0.25) is 0 Å². The topological polar surface area (TPSA) is 12.9 Å². The quantitative estimate of drug-likeness (QED) is 0.613. The summed E-state index contributed by atoms with van der Waals surface area (Å²) in [7, 11) is 0. The van der Waals surface area contributed by atoms with E-state index in [1.165, 1.54) is 4.90 Å². The van der Waals surface area contributed by atoms with E-state index in [-0.39, 0.29) is 0 Å². The molecule has 0 atom stereocenters. The molecule has 0 fully saturated rings. The Balaban J connectivity index is 2.57. The third-order valence-corrected chi connectivity index (χ3v) is 3.61. The number of terminal acetylenes is 1. The Labute approximate surface area is 101 Å². The maximum atomic E-state index is 5.25. The molecule has 2 aromatic rings. The van der Waals surface area contributed by atoms with Crippen molar-refractivity contribution < 1.29 is 0 Å². The van der Waals surface area contributed by atoms with E-state index in [1.807, 2.05) is 24.4 Å². The van der Waals surface area contributed by atoms with Gasteiger partial charge < -0.3 is 0 Å². The molecule has 1 nitrogen and oxygen atoms in total. The van der Waals surface area contributed by atoms with Crippen molar-refractivity contribution >= 4 is 38.6 Å². The molecule has 1 heterocycles. The highest BCUT2D eigenvalue weighted by Crippen LogP contribution is 2.29. The molecule has 1 aromatic carbocycles. The number of hydrogen-bond acceptors (Lipinski definition) is 2. The van der Waals surface area contributed by atoms with Crippen LogP contribution in [-0.4, -0.2) is 10.7 Å². The summed E-state index contributed by atoms with van der Waals surface area (Å²) in [6.45, 7) is 0. The van der Waals surface area contributed by atoms with Crippen LogP contribution >= 0.6 is 27.7 Å². The summed E-state index contributed by atoms with van der Waals surface area (Å²) in [5, 5.41) is 1.15. The highest BCUT2D eigenvalue weighted by atomic mass is 79.9. The Kier molecular flexibility index (Phi) is 3.30. The van der Waals surface area contributed by atoms with Crippen molar-refractivity contribution in [2.24, 2.45) is 0 Å². The predicted molar refractivity (Wildman–Crippen MR) is 69.0 cm³/mol. The molecule has 1 aromatic heterocycles. The lowest BCUT2D eigenvalue weighted by Gasteiger charge is -2.04. The van der Waals surface area contributed by atoms with Gasteiger partial charge in [-0.05, 0) is 28.1 Å². The minimum atomic E-state index is 0.686. The molecule has 0 N–H and O–H groups in total. The summed E-state index contributed by atoms with van der Waals surface area (Å²) in [5.74, 6) is 3.31. The van der Waals surface area contributed by atoms with Crippen LogP contribution in [0.1, 0.15) is 0 Å². The van der Waals surface area contributed by atoms with Crippen LogP contribution in [0.4, 0.5) is 0 Å². The van der Waals surface area contributed by atoms with Crippen LogP contribution in [0.3, 0.4) is 0 Å². The summed E-state index contributed by atoms with van der Waals surface area (Å²) in [6.07, 6.45) is 7.07. The molecule has 15 heavy (non-hydrogen) atoms. The van der Waals surface area contributed by atoms with Crippen LogP contribution in [-0.2, 0) is 0 Å². The van der Waals surface area contributed by atoms with Crippen LogP contribution in [0.5, 0.6) is 0 Å². The molecule has 0 aliphatic carbocycles. The zero-order valence-corrected chi connectivity index (χ0v) is 10.3. The number of para-hydroxylation sites is 1. The van der Waals surface area contributed by atoms with E-state index in [4.69, 9.17) is 6.42 Å². The third-order valence-electron chi connectivity index (χ3n) is 1.99. The number of halogens is 1. The second-order valence-corrected chi connectivity index (χ2v) is 4.81.